The summed E-state index contributed by atoms with van der Waals surface area (Å²) in [5.74, 6) is 0.618. The number of nitrogens with zero attached hydrogens (tertiary/aromatic N) is 2. The minimum Gasteiger partial charge on any atom is -0.493 e. The van der Waals surface area contributed by atoms with Crippen LogP contribution in [0.2, 0.25) is 0 Å². The molecule has 130 valence electrons. The molecule has 26 heavy (non-hydrogen) atoms. The van der Waals surface area contributed by atoms with Crippen molar-refractivity contribution in [3.8, 4) is 17.6 Å². The highest BCUT2D eigenvalue weighted by Gasteiger charge is 2.25. The monoisotopic (exact) mass is 412 g/mol. The molecule has 0 fully saturated rings. The van der Waals surface area contributed by atoms with Gasteiger partial charge in [-0.05, 0) is 51.8 Å². The fraction of sp³-hybridized carbons (Fsp3) is 0.105. The van der Waals surface area contributed by atoms with E-state index in [1.54, 1.807) is 24.3 Å². The Labute approximate surface area is 158 Å². The molecule has 1 heterocycles. The Bertz CT molecular complexity index is 960. The van der Waals surface area contributed by atoms with Gasteiger partial charge in [-0.1, -0.05) is 18.2 Å². The highest BCUT2D eigenvalue weighted by molar-refractivity contribution is 9.10. The number of halogens is 1. The lowest BCUT2D eigenvalue weighted by atomic mass is 10.1. The summed E-state index contributed by atoms with van der Waals surface area (Å²) in [7, 11) is 1.50. The van der Waals surface area contributed by atoms with Crippen molar-refractivity contribution in [3.63, 3.8) is 0 Å². The van der Waals surface area contributed by atoms with Crippen molar-refractivity contribution in [2.75, 3.05) is 13.7 Å². The number of carbonyl (C=O) groups excluding carboxylic acids is 1. The molecule has 6 nitrogen and oxygen atoms in total. The number of benzene rings is 2. The van der Waals surface area contributed by atoms with Gasteiger partial charge < -0.3 is 14.2 Å². The first-order chi connectivity index (χ1) is 12.6. The molecule has 0 saturated carbocycles. The van der Waals surface area contributed by atoms with Crippen LogP contribution in [0.3, 0.4) is 0 Å². The second-order valence-electron chi connectivity index (χ2n) is 5.17. The molecule has 0 saturated heterocycles. The number of carbonyl (C=O) groups is 1. The number of rotatable bonds is 5. The zero-order valence-electron chi connectivity index (χ0n) is 13.7. The number of methoxy groups -OCH3 is 1. The quantitative estimate of drug-likeness (QED) is 0.552. The van der Waals surface area contributed by atoms with E-state index in [2.05, 4.69) is 20.9 Å². The van der Waals surface area contributed by atoms with Crippen molar-refractivity contribution in [1.29, 1.82) is 5.26 Å². The summed E-state index contributed by atoms with van der Waals surface area (Å²) in [6.07, 6.45) is 1.60. The van der Waals surface area contributed by atoms with Gasteiger partial charge in [0.1, 0.15) is 6.07 Å². The van der Waals surface area contributed by atoms with E-state index in [1.807, 2.05) is 30.3 Å². The van der Waals surface area contributed by atoms with E-state index >= 15 is 0 Å². The maximum atomic E-state index is 12.1. The Balaban J connectivity index is 1.91. The molecule has 0 N–H and O–H groups in total. The third kappa shape index (κ3) is 3.76. The molecule has 1 aliphatic heterocycles. The summed E-state index contributed by atoms with van der Waals surface area (Å²) in [6.45, 7) is -0.0806. The number of cyclic esters (lactones) is 1. The van der Waals surface area contributed by atoms with Crippen LogP contribution in [-0.4, -0.2) is 25.6 Å². The van der Waals surface area contributed by atoms with Crippen LogP contribution in [-0.2, 0) is 9.53 Å². The predicted octanol–water partition coefficient (Wildman–Crippen LogP) is 3.70. The van der Waals surface area contributed by atoms with Crippen molar-refractivity contribution in [2.24, 2.45) is 4.99 Å². The summed E-state index contributed by atoms with van der Waals surface area (Å²) >= 11 is 3.42. The first-order valence-corrected chi connectivity index (χ1v) is 8.37. The second-order valence-corrected chi connectivity index (χ2v) is 6.03. The topological polar surface area (TPSA) is 80.9 Å². The van der Waals surface area contributed by atoms with E-state index in [9.17, 15) is 4.79 Å². The standard InChI is InChI=1S/C19H13BrN2O4/c1-24-17-11-12(6-7-16(17)25-9-8-21)10-15-19(23)26-18(22-15)13-4-2-3-5-14(13)20/h2-7,10-11H,9H2,1H3/b15-10+. The lowest BCUT2D eigenvalue weighted by Crippen LogP contribution is -2.05. The summed E-state index contributed by atoms with van der Waals surface area (Å²) < 4.78 is 16.6. The second kappa shape index (κ2) is 7.85. The Morgan fingerprint density at radius 3 is 2.81 bits per heavy atom. The Morgan fingerprint density at radius 2 is 2.08 bits per heavy atom. The first-order valence-electron chi connectivity index (χ1n) is 7.57. The SMILES string of the molecule is COc1cc(/C=C2/N=C(c3ccccc3Br)OC2=O)ccc1OCC#N. The third-order valence-corrected chi connectivity index (χ3v) is 4.20. The van der Waals surface area contributed by atoms with E-state index in [-0.39, 0.29) is 18.2 Å². The molecule has 0 spiro atoms. The smallest absolute Gasteiger partial charge is 0.363 e. The summed E-state index contributed by atoms with van der Waals surface area (Å²) in [4.78, 5) is 16.4. The molecule has 0 unspecified atom stereocenters. The van der Waals surface area contributed by atoms with Crippen LogP contribution in [0.25, 0.3) is 6.08 Å². The van der Waals surface area contributed by atoms with Crippen molar-refractivity contribution < 1.29 is 19.0 Å². The zero-order chi connectivity index (χ0) is 18.5. The zero-order valence-corrected chi connectivity index (χ0v) is 15.3. The van der Waals surface area contributed by atoms with E-state index < -0.39 is 5.97 Å². The van der Waals surface area contributed by atoms with Crippen LogP contribution >= 0.6 is 15.9 Å². The molecule has 0 amide bonds. The number of esters is 1. The van der Waals surface area contributed by atoms with Gasteiger partial charge in [0.2, 0.25) is 5.90 Å². The van der Waals surface area contributed by atoms with Crippen molar-refractivity contribution in [3.05, 3.63) is 63.8 Å². The van der Waals surface area contributed by atoms with Crippen molar-refractivity contribution in [2.45, 2.75) is 0 Å². The average molecular weight is 413 g/mol. The van der Waals surface area contributed by atoms with Gasteiger partial charge in [0.05, 0.1) is 12.7 Å². The molecule has 2 aromatic rings. The Morgan fingerprint density at radius 1 is 1.27 bits per heavy atom. The molecule has 0 aromatic heterocycles. The molecule has 0 bridgehead atoms. The molecule has 7 heteroatoms. The van der Waals surface area contributed by atoms with Gasteiger partial charge >= 0.3 is 5.97 Å². The molecular formula is C19H13BrN2O4. The van der Waals surface area contributed by atoms with Gasteiger partial charge in [0, 0.05) is 4.47 Å². The maximum Gasteiger partial charge on any atom is 0.363 e. The van der Waals surface area contributed by atoms with Crippen LogP contribution in [0, 0.1) is 11.3 Å². The van der Waals surface area contributed by atoms with Crippen LogP contribution in [0.4, 0.5) is 0 Å². The number of nitriles is 1. The normalized spacial score (nSPS) is 14.6. The highest BCUT2D eigenvalue weighted by Crippen LogP contribution is 2.30. The number of ether oxygens (including phenoxy) is 3. The first kappa shape index (κ1) is 17.7. The largest absolute Gasteiger partial charge is 0.493 e. The van der Waals surface area contributed by atoms with Gasteiger partial charge in [-0.25, -0.2) is 9.79 Å². The lowest BCUT2D eigenvalue weighted by molar-refractivity contribution is -0.129. The molecule has 0 radical (unpaired) electrons. The average Bonchev–Trinajstić information content (AvgIpc) is 3.01. The number of hydrogen-bond donors (Lipinski definition) is 0. The van der Waals surface area contributed by atoms with E-state index in [0.29, 0.717) is 22.6 Å². The van der Waals surface area contributed by atoms with Crippen LogP contribution in [0.1, 0.15) is 11.1 Å². The minimum absolute atomic E-state index is 0.0806. The lowest BCUT2D eigenvalue weighted by Gasteiger charge is -2.08. The molecule has 0 atom stereocenters. The summed E-state index contributed by atoms with van der Waals surface area (Å²) in [5, 5.41) is 8.61. The summed E-state index contributed by atoms with van der Waals surface area (Å²) in [6, 6.07) is 14.4. The van der Waals surface area contributed by atoms with E-state index in [0.717, 1.165) is 4.47 Å². The van der Waals surface area contributed by atoms with E-state index in [4.69, 9.17) is 19.5 Å². The van der Waals surface area contributed by atoms with Gasteiger partial charge in [0.25, 0.3) is 0 Å². The van der Waals surface area contributed by atoms with Gasteiger partial charge in [-0.3, -0.25) is 0 Å². The number of aliphatic imine (C=N–C) groups is 1. The van der Waals surface area contributed by atoms with Crippen molar-refractivity contribution >= 4 is 33.9 Å². The minimum atomic E-state index is -0.528. The van der Waals surface area contributed by atoms with Gasteiger partial charge in [0.15, 0.2) is 23.8 Å². The van der Waals surface area contributed by atoms with Crippen LogP contribution in [0.15, 0.2) is 57.6 Å². The van der Waals surface area contributed by atoms with Crippen molar-refractivity contribution in [1.82, 2.24) is 0 Å². The fourth-order valence-electron chi connectivity index (χ4n) is 2.32. The van der Waals surface area contributed by atoms with Crippen LogP contribution < -0.4 is 9.47 Å². The van der Waals surface area contributed by atoms with Gasteiger partial charge in [-0.15, -0.1) is 0 Å². The third-order valence-electron chi connectivity index (χ3n) is 3.51. The molecule has 2 aromatic carbocycles. The number of hydrogen-bond acceptors (Lipinski definition) is 6. The maximum absolute atomic E-state index is 12.1. The summed E-state index contributed by atoms with van der Waals surface area (Å²) in [5.41, 5.74) is 1.57. The molecule has 0 aliphatic carbocycles. The predicted molar refractivity (Wildman–Crippen MR) is 98.9 cm³/mol. The molecular weight excluding hydrogens is 400 g/mol. The van der Waals surface area contributed by atoms with Gasteiger partial charge in [-0.2, -0.15) is 5.26 Å². The molecule has 3 rings (SSSR count). The van der Waals surface area contributed by atoms with E-state index in [1.165, 1.54) is 7.11 Å². The highest BCUT2D eigenvalue weighted by atomic mass is 79.9. The Hall–Kier alpha value is -3.11. The van der Waals surface area contributed by atoms with Crippen LogP contribution in [0.5, 0.6) is 11.5 Å². The molecule has 1 aliphatic rings. The fourth-order valence-corrected chi connectivity index (χ4v) is 2.77. The Kier molecular flexibility index (Phi) is 5.34.